The van der Waals surface area contributed by atoms with Crippen LogP contribution in [0, 0.1) is 17.0 Å². The highest BCUT2D eigenvalue weighted by Crippen LogP contribution is 2.28. The van der Waals surface area contributed by atoms with E-state index < -0.39 is 22.8 Å². The zero-order valence-corrected chi connectivity index (χ0v) is 21.9. The van der Waals surface area contributed by atoms with Crippen LogP contribution in [0.25, 0.3) is 10.6 Å². The second-order valence-corrected chi connectivity index (χ2v) is 9.79. The van der Waals surface area contributed by atoms with E-state index in [1.807, 2.05) is 73.6 Å². The number of rotatable bonds is 9. The van der Waals surface area contributed by atoms with E-state index in [0.717, 1.165) is 16.8 Å². The van der Waals surface area contributed by atoms with Crippen LogP contribution in [-0.2, 0) is 11.2 Å². The molecular formula is C27H26N6O4S. The molecule has 0 radical (unpaired) electrons. The highest BCUT2D eigenvalue weighted by atomic mass is 32.1. The van der Waals surface area contributed by atoms with Crippen LogP contribution >= 0.6 is 11.3 Å². The molecule has 0 spiro atoms. The molecule has 38 heavy (non-hydrogen) atoms. The van der Waals surface area contributed by atoms with Crippen LogP contribution in [0.3, 0.4) is 0 Å². The molecule has 4 aromatic rings. The lowest BCUT2D eigenvalue weighted by molar-refractivity contribution is -0.385. The first-order valence-corrected chi connectivity index (χ1v) is 12.5. The molecule has 2 N–H and O–H groups in total. The minimum absolute atomic E-state index is 0.0903. The number of amides is 2. The molecule has 10 nitrogen and oxygen atoms in total. The minimum Gasteiger partial charge on any atom is -0.378 e. The number of nitrogens with one attached hydrogen (secondary N) is 2. The van der Waals surface area contributed by atoms with E-state index in [9.17, 15) is 19.7 Å². The predicted molar refractivity (Wildman–Crippen MR) is 148 cm³/mol. The van der Waals surface area contributed by atoms with Crippen molar-refractivity contribution >= 4 is 39.7 Å². The largest absolute Gasteiger partial charge is 0.378 e. The van der Waals surface area contributed by atoms with Crippen molar-refractivity contribution in [3.05, 3.63) is 99.6 Å². The molecule has 0 aliphatic carbocycles. The number of carbonyl (C=O) groups is 2. The van der Waals surface area contributed by atoms with Crippen molar-refractivity contribution in [1.29, 1.82) is 0 Å². The highest BCUT2D eigenvalue weighted by molar-refractivity contribution is 7.18. The van der Waals surface area contributed by atoms with Gasteiger partial charge >= 0.3 is 0 Å². The fraction of sp³-hybridized carbons (Fsp3) is 0.185. The number of nitro groups is 1. The third-order valence-electron chi connectivity index (χ3n) is 5.86. The van der Waals surface area contributed by atoms with Gasteiger partial charge in [0.1, 0.15) is 11.0 Å². The van der Waals surface area contributed by atoms with E-state index in [0.29, 0.717) is 15.7 Å². The summed E-state index contributed by atoms with van der Waals surface area (Å²) in [5.74, 6) is -1.07. The molecule has 0 saturated heterocycles. The number of hydrogen-bond acceptors (Lipinski definition) is 8. The second kappa shape index (κ2) is 11.6. The molecule has 3 aromatic carbocycles. The van der Waals surface area contributed by atoms with Crippen LogP contribution < -0.4 is 15.5 Å². The summed E-state index contributed by atoms with van der Waals surface area (Å²) in [7, 11) is 3.91. The molecular weight excluding hydrogens is 504 g/mol. The third kappa shape index (κ3) is 6.37. The van der Waals surface area contributed by atoms with Crippen molar-refractivity contribution in [3.63, 3.8) is 0 Å². The number of nitrogens with zero attached hydrogens (tertiary/aromatic N) is 4. The van der Waals surface area contributed by atoms with Crippen LogP contribution in [0.4, 0.5) is 16.5 Å². The van der Waals surface area contributed by atoms with Gasteiger partial charge in [-0.25, -0.2) is 0 Å². The van der Waals surface area contributed by atoms with E-state index in [-0.39, 0.29) is 17.7 Å². The molecule has 0 saturated carbocycles. The number of aryl methyl sites for hydroxylation is 1. The van der Waals surface area contributed by atoms with E-state index in [1.165, 1.54) is 29.5 Å². The lowest BCUT2D eigenvalue weighted by Crippen LogP contribution is -2.45. The molecule has 1 aromatic heterocycles. The van der Waals surface area contributed by atoms with Gasteiger partial charge in [-0.3, -0.25) is 25.0 Å². The zero-order chi connectivity index (χ0) is 27.2. The SMILES string of the molecule is Cc1ccc(C(=O)NC(Cc2ccccc2)C(=O)Nc2nnc(-c3ccc(N(C)C)cc3)s2)cc1[N+](=O)[O-]. The van der Waals surface area contributed by atoms with E-state index in [1.54, 1.807) is 6.92 Å². The first-order chi connectivity index (χ1) is 18.2. The minimum atomic E-state index is -0.961. The summed E-state index contributed by atoms with van der Waals surface area (Å²) < 4.78 is 0. The first kappa shape index (κ1) is 26.4. The number of carbonyl (C=O) groups excluding carboxylic acids is 2. The number of benzene rings is 3. The summed E-state index contributed by atoms with van der Waals surface area (Å²) in [6.07, 6.45) is 0.212. The Morgan fingerprint density at radius 3 is 2.39 bits per heavy atom. The molecule has 1 atom stereocenters. The van der Waals surface area contributed by atoms with Gasteiger partial charge in [0.25, 0.3) is 11.6 Å². The molecule has 2 amide bonds. The second-order valence-electron chi connectivity index (χ2n) is 8.82. The fourth-order valence-electron chi connectivity index (χ4n) is 3.73. The highest BCUT2D eigenvalue weighted by Gasteiger charge is 2.24. The van der Waals surface area contributed by atoms with E-state index in [4.69, 9.17) is 0 Å². The average molecular weight is 531 g/mol. The number of anilines is 2. The van der Waals surface area contributed by atoms with Crippen LogP contribution in [0.5, 0.6) is 0 Å². The van der Waals surface area contributed by atoms with Crippen molar-refractivity contribution < 1.29 is 14.5 Å². The predicted octanol–water partition coefficient (Wildman–Crippen LogP) is 4.47. The van der Waals surface area contributed by atoms with E-state index >= 15 is 0 Å². The molecule has 0 bridgehead atoms. The summed E-state index contributed by atoms with van der Waals surface area (Å²) in [6, 6.07) is 20.3. The molecule has 4 rings (SSSR count). The van der Waals surface area contributed by atoms with Gasteiger partial charge in [0.05, 0.1) is 4.92 Å². The van der Waals surface area contributed by atoms with Crippen LogP contribution in [-0.4, -0.2) is 47.1 Å². The topological polar surface area (TPSA) is 130 Å². The first-order valence-electron chi connectivity index (χ1n) is 11.7. The molecule has 0 aliphatic heterocycles. The van der Waals surface area contributed by atoms with Crippen LogP contribution in [0.15, 0.2) is 72.8 Å². The van der Waals surface area contributed by atoms with Gasteiger partial charge < -0.3 is 10.2 Å². The zero-order valence-electron chi connectivity index (χ0n) is 21.0. The summed E-state index contributed by atoms with van der Waals surface area (Å²) in [5.41, 5.74) is 3.11. The molecule has 11 heteroatoms. The van der Waals surface area contributed by atoms with Gasteiger partial charge in [0.2, 0.25) is 11.0 Å². The van der Waals surface area contributed by atoms with Crippen LogP contribution in [0.2, 0.25) is 0 Å². The molecule has 0 aliphatic rings. The normalized spacial score (nSPS) is 11.4. The van der Waals surface area contributed by atoms with Gasteiger partial charge in [-0.15, -0.1) is 10.2 Å². The van der Waals surface area contributed by atoms with Gasteiger partial charge in [-0.2, -0.15) is 0 Å². The maximum atomic E-state index is 13.3. The Kier molecular flexibility index (Phi) is 8.07. The number of aromatic nitrogens is 2. The summed E-state index contributed by atoms with van der Waals surface area (Å²) >= 11 is 1.22. The van der Waals surface area contributed by atoms with Gasteiger partial charge in [0, 0.05) is 49.0 Å². The van der Waals surface area contributed by atoms with Crippen molar-refractivity contribution in [1.82, 2.24) is 15.5 Å². The smallest absolute Gasteiger partial charge is 0.273 e. The lowest BCUT2D eigenvalue weighted by Gasteiger charge is -2.18. The molecule has 1 unspecified atom stereocenters. The third-order valence-corrected chi connectivity index (χ3v) is 6.75. The van der Waals surface area contributed by atoms with Gasteiger partial charge in [0.15, 0.2) is 0 Å². The Morgan fingerprint density at radius 2 is 1.74 bits per heavy atom. The molecule has 1 heterocycles. The summed E-state index contributed by atoms with van der Waals surface area (Å²) in [6.45, 7) is 1.60. The Bertz CT molecular complexity index is 1450. The monoisotopic (exact) mass is 530 g/mol. The van der Waals surface area contributed by atoms with Crippen LogP contribution in [0.1, 0.15) is 21.5 Å². The Hall–Kier alpha value is -4.64. The summed E-state index contributed by atoms with van der Waals surface area (Å²) in [5, 5.41) is 26.0. The fourth-order valence-corrected chi connectivity index (χ4v) is 4.49. The van der Waals surface area contributed by atoms with Crippen molar-refractivity contribution in [3.8, 4) is 10.6 Å². The lowest BCUT2D eigenvalue weighted by atomic mass is 10.0. The average Bonchev–Trinajstić information content (AvgIpc) is 3.37. The quantitative estimate of drug-likeness (QED) is 0.241. The van der Waals surface area contributed by atoms with Crippen molar-refractivity contribution in [2.45, 2.75) is 19.4 Å². The van der Waals surface area contributed by atoms with E-state index in [2.05, 4.69) is 20.8 Å². The summed E-state index contributed by atoms with van der Waals surface area (Å²) in [4.78, 5) is 39.1. The number of nitro benzene ring substituents is 1. The standard InChI is InChI=1S/C27H26N6O4S/c1-17-9-10-20(16-23(17)33(36)37)24(34)28-22(15-18-7-5-4-6-8-18)25(35)29-27-31-30-26(38-27)19-11-13-21(14-12-19)32(2)3/h4-14,16,22H,15H2,1-3H3,(H,28,34)(H,29,31,35). The number of hydrogen-bond donors (Lipinski definition) is 2. The molecule has 0 fully saturated rings. The van der Waals surface area contributed by atoms with Crippen molar-refractivity contribution in [2.24, 2.45) is 0 Å². The Balaban J connectivity index is 1.53. The maximum Gasteiger partial charge on any atom is 0.273 e. The Morgan fingerprint density at radius 1 is 1.03 bits per heavy atom. The van der Waals surface area contributed by atoms with Gasteiger partial charge in [-0.05, 0) is 42.8 Å². The van der Waals surface area contributed by atoms with Crippen molar-refractivity contribution in [2.75, 3.05) is 24.3 Å². The molecule has 194 valence electrons. The maximum absolute atomic E-state index is 13.3. The Labute approximate surface area is 223 Å². The van der Waals surface area contributed by atoms with Gasteiger partial charge in [-0.1, -0.05) is 47.7 Å².